The van der Waals surface area contributed by atoms with Crippen LogP contribution >= 0.6 is 23.2 Å². The summed E-state index contributed by atoms with van der Waals surface area (Å²) in [4.78, 5) is 26.7. The molecule has 1 aromatic heterocycles. The Morgan fingerprint density at radius 3 is 1.94 bits per heavy atom. The van der Waals surface area contributed by atoms with Crippen molar-refractivity contribution in [2.24, 2.45) is 0 Å². The summed E-state index contributed by atoms with van der Waals surface area (Å²) in [6.45, 7) is 1.86. The van der Waals surface area contributed by atoms with Gasteiger partial charge in [0.1, 0.15) is 0 Å². The Hall–Kier alpha value is -3.01. The first-order chi connectivity index (χ1) is 14.9. The molecule has 0 atom stereocenters. The Kier molecular flexibility index (Phi) is 6.17. The Morgan fingerprint density at radius 1 is 0.935 bits per heavy atom. The number of hydrogen-bond acceptors (Lipinski definition) is 7. The lowest BCUT2D eigenvalue weighted by molar-refractivity contribution is -0.391. The van der Waals surface area contributed by atoms with Crippen LogP contribution in [0.1, 0.15) is 27.7 Å². The number of carbonyl (C=O) groups is 1. The highest BCUT2D eigenvalue weighted by Crippen LogP contribution is 2.31. The van der Waals surface area contributed by atoms with Gasteiger partial charge in [0.2, 0.25) is 0 Å². The molecular weight excluding hydrogens is 445 g/mol. The van der Waals surface area contributed by atoms with E-state index in [1.807, 2.05) is 48.5 Å². The SMILES string of the molecule is O=C(c1nonc1[N+](=O)[O-])N1CCN(C(c2ccc(Cl)cc2)c2ccc(Cl)cc2)CC1. The van der Waals surface area contributed by atoms with Gasteiger partial charge in [0.25, 0.3) is 11.6 Å². The molecule has 0 radical (unpaired) electrons. The number of aromatic nitrogens is 2. The Labute approximate surface area is 187 Å². The van der Waals surface area contributed by atoms with Gasteiger partial charge in [-0.1, -0.05) is 47.5 Å². The van der Waals surface area contributed by atoms with E-state index >= 15 is 0 Å². The fourth-order valence-electron chi connectivity index (χ4n) is 3.68. The van der Waals surface area contributed by atoms with Crippen LogP contribution in [0.4, 0.5) is 5.82 Å². The van der Waals surface area contributed by atoms with Crippen molar-refractivity contribution >= 4 is 34.9 Å². The lowest BCUT2D eigenvalue weighted by atomic mass is 9.96. The normalized spacial score (nSPS) is 14.7. The Balaban J connectivity index is 1.54. The van der Waals surface area contributed by atoms with E-state index in [2.05, 4.69) is 19.8 Å². The highest BCUT2D eigenvalue weighted by atomic mass is 35.5. The first-order valence-corrected chi connectivity index (χ1v) is 10.2. The molecule has 2 heterocycles. The van der Waals surface area contributed by atoms with E-state index in [1.54, 1.807) is 0 Å². The minimum absolute atomic E-state index is 0.0603. The zero-order chi connectivity index (χ0) is 22.0. The number of hydrogen-bond donors (Lipinski definition) is 0. The van der Waals surface area contributed by atoms with Crippen molar-refractivity contribution in [3.63, 3.8) is 0 Å². The highest BCUT2D eigenvalue weighted by molar-refractivity contribution is 6.30. The summed E-state index contributed by atoms with van der Waals surface area (Å²) in [5.74, 6) is -1.24. The summed E-state index contributed by atoms with van der Waals surface area (Å²) < 4.78 is 4.39. The number of nitro groups is 1. The number of halogens is 2. The minimum atomic E-state index is -0.781. The Morgan fingerprint density at radius 2 is 1.45 bits per heavy atom. The van der Waals surface area contributed by atoms with Gasteiger partial charge >= 0.3 is 5.82 Å². The molecule has 1 aliphatic rings. The van der Waals surface area contributed by atoms with Gasteiger partial charge in [-0.2, -0.15) is 0 Å². The third kappa shape index (κ3) is 4.53. The van der Waals surface area contributed by atoms with Crippen LogP contribution in [0.5, 0.6) is 0 Å². The van der Waals surface area contributed by atoms with Gasteiger partial charge in [0, 0.05) is 36.2 Å². The van der Waals surface area contributed by atoms with Crippen LogP contribution in [0.15, 0.2) is 53.2 Å². The van der Waals surface area contributed by atoms with Gasteiger partial charge < -0.3 is 15.0 Å². The number of rotatable bonds is 5. The molecule has 9 nitrogen and oxygen atoms in total. The van der Waals surface area contributed by atoms with Gasteiger partial charge in [-0.15, -0.1) is 4.63 Å². The van der Waals surface area contributed by atoms with Crippen LogP contribution in [0.3, 0.4) is 0 Å². The average Bonchev–Trinajstić information content (AvgIpc) is 3.27. The molecule has 0 N–H and O–H groups in total. The Bertz CT molecular complexity index is 1030. The summed E-state index contributed by atoms with van der Waals surface area (Å²) in [7, 11) is 0. The maximum Gasteiger partial charge on any atom is 0.447 e. The molecule has 1 fully saturated rings. The van der Waals surface area contributed by atoms with Gasteiger partial charge in [-0.3, -0.25) is 9.69 Å². The van der Waals surface area contributed by atoms with E-state index in [-0.39, 0.29) is 11.7 Å². The second-order valence-corrected chi connectivity index (χ2v) is 7.90. The second kappa shape index (κ2) is 9.01. The molecule has 0 saturated carbocycles. The number of nitrogens with zero attached hydrogens (tertiary/aromatic N) is 5. The molecule has 1 saturated heterocycles. The fourth-order valence-corrected chi connectivity index (χ4v) is 3.93. The lowest BCUT2D eigenvalue weighted by Crippen LogP contribution is -2.50. The summed E-state index contributed by atoms with van der Waals surface area (Å²) in [5, 5.41) is 18.9. The first kappa shape index (κ1) is 21.2. The molecule has 0 bridgehead atoms. The van der Waals surface area contributed by atoms with E-state index < -0.39 is 16.6 Å². The van der Waals surface area contributed by atoms with Crippen molar-refractivity contribution in [2.75, 3.05) is 26.2 Å². The number of amides is 1. The predicted molar refractivity (Wildman–Crippen MR) is 113 cm³/mol. The summed E-state index contributed by atoms with van der Waals surface area (Å²) in [6, 6.07) is 15.2. The van der Waals surface area contributed by atoms with Crippen LogP contribution < -0.4 is 0 Å². The van der Waals surface area contributed by atoms with E-state index in [0.29, 0.717) is 36.2 Å². The van der Waals surface area contributed by atoms with Crippen LogP contribution in [0.2, 0.25) is 10.0 Å². The monoisotopic (exact) mass is 461 g/mol. The van der Waals surface area contributed by atoms with Crippen molar-refractivity contribution in [3.8, 4) is 0 Å². The molecule has 160 valence electrons. The molecule has 0 aliphatic carbocycles. The molecule has 11 heteroatoms. The minimum Gasteiger partial charge on any atom is -0.358 e. The maximum absolute atomic E-state index is 12.7. The quantitative estimate of drug-likeness (QED) is 0.419. The third-order valence-corrected chi connectivity index (χ3v) is 5.69. The second-order valence-electron chi connectivity index (χ2n) is 7.03. The average molecular weight is 462 g/mol. The molecule has 0 spiro atoms. The van der Waals surface area contributed by atoms with Crippen molar-refractivity contribution in [1.29, 1.82) is 0 Å². The van der Waals surface area contributed by atoms with Gasteiger partial charge in [0.05, 0.1) is 6.04 Å². The van der Waals surface area contributed by atoms with E-state index in [4.69, 9.17) is 23.2 Å². The molecule has 1 amide bonds. The van der Waals surface area contributed by atoms with E-state index in [1.165, 1.54) is 4.90 Å². The largest absolute Gasteiger partial charge is 0.447 e. The molecule has 4 rings (SSSR count). The van der Waals surface area contributed by atoms with E-state index in [9.17, 15) is 14.9 Å². The standard InChI is InChI=1S/C20H17Cl2N5O4/c21-15-5-1-13(2-6-15)18(14-3-7-16(22)8-4-14)25-9-11-26(12-10-25)20(28)17-19(27(29)30)24-31-23-17/h1-8,18H,9-12H2. The van der Waals surface area contributed by atoms with Crippen molar-refractivity contribution in [1.82, 2.24) is 20.1 Å². The number of benzene rings is 2. The molecule has 0 unspecified atom stereocenters. The van der Waals surface area contributed by atoms with Crippen molar-refractivity contribution in [2.45, 2.75) is 6.04 Å². The van der Waals surface area contributed by atoms with Crippen LogP contribution in [-0.4, -0.2) is 57.1 Å². The van der Waals surface area contributed by atoms with Crippen molar-refractivity contribution in [3.05, 3.63) is 85.5 Å². The van der Waals surface area contributed by atoms with Gasteiger partial charge in [0.15, 0.2) is 5.16 Å². The molecule has 3 aromatic rings. The molecule has 31 heavy (non-hydrogen) atoms. The fraction of sp³-hybridized carbons (Fsp3) is 0.250. The van der Waals surface area contributed by atoms with Crippen LogP contribution in [0, 0.1) is 10.1 Å². The third-order valence-electron chi connectivity index (χ3n) is 5.18. The summed E-state index contributed by atoms with van der Waals surface area (Å²) >= 11 is 12.1. The van der Waals surface area contributed by atoms with Gasteiger partial charge in [-0.25, -0.2) is 0 Å². The number of carbonyl (C=O) groups excluding carboxylic acids is 1. The molecular formula is C20H17Cl2N5O4. The summed E-state index contributed by atoms with van der Waals surface area (Å²) in [6.07, 6.45) is 0. The molecule has 2 aromatic carbocycles. The predicted octanol–water partition coefficient (Wildman–Crippen LogP) is 3.83. The van der Waals surface area contributed by atoms with Crippen molar-refractivity contribution < 1.29 is 14.3 Å². The summed E-state index contributed by atoms with van der Waals surface area (Å²) in [5.41, 5.74) is 1.73. The van der Waals surface area contributed by atoms with E-state index in [0.717, 1.165) is 11.1 Å². The van der Waals surface area contributed by atoms with Crippen LogP contribution in [-0.2, 0) is 0 Å². The topological polar surface area (TPSA) is 106 Å². The highest BCUT2D eigenvalue weighted by Gasteiger charge is 2.35. The zero-order valence-electron chi connectivity index (χ0n) is 16.1. The van der Waals surface area contributed by atoms with Gasteiger partial charge in [-0.05, 0) is 45.5 Å². The first-order valence-electron chi connectivity index (χ1n) is 9.45. The maximum atomic E-state index is 12.7. The zero-order valence-corrected chi connectivity index (χ0v) is 17.7. The van der Waals surface area contributed by atoms with Crippen LogP contribution in [0.25, 0.3) is 0 Å². The smallest absolute Gasteiger partial charge is 0.358 e. The number of piperazine rings is 1. The lowest BCUT2D eigenvalue weighted by Gasteiger charge is -2.39. The molecule has 1 aliphatic heterocycles.